The van der Waals surface area contributed by atoms with E-state index in [1.807, 2.05) is 55.4 Å². The summed E-state index contributed by atoms with van der Waals surface area (Å²) in [6.07, 6.45) is 0.393. The van der Waals surface area contributed by atoms with Gasteiger partial charge in [-0.15, -0.1) is 0 Å². The molecule has 1 amide bonds. The summed E-state index contributed by atoms with van der Waals surface area (Å²) < 4.78 is 0.960. The first-order chi connectivity index (χ1) is 14.8. The van der Waals surface area contributed by atoms with Crippen molar-refractivity contribution in [3.63, 3.8) is 0 Å². The molecule has 2 aromatic carbocycles. The Morgan fingerprint density at radius 3 is 2.65 bits per heavy atom. The minimum atomic E-state index is -1.02. The molecule has 2 aromatic rings. The molecule has 2 unspecified atom stereocenters. The van der Waals surface area contributed by atoms with Crippen molar-refractivity contribution in [3.8, 4) is 0 Å². The monoisotopic (exact) mass is 500 g/mol. The predicted molar refractivity (Wildman–Crippen MR) is 127 cm³/mol. The van der Waals surface area contributed by atoms with E-state index >= 15 is 0 Å². The zero-order valence-electron chi connectivity index (χ0n) is 17.0. The Labute approximate surface area is 193 Å². The Morgan fingerprint density at radius 1 is 1.26 bits per heavy atom. The summed E-state index contributed by atoms with van der Waals surface area (Å²) in [5, 5.41) is 15.4. The van der Waals surface area contributed by atoms with Gasteiger partial charge >= 0.3 is 5.97 Å². The Balaban J connectivity index is 1.67. The van der Waals surface area contributed by atoms with E-state index in [0.717, 1.165) is 27.0 Å². The van der Waals surface area contributed by atoms with Gasteiger partial charge in [0.25, 0.3) is 5.91 Å². The van der Waals surface area contributed by atoms with Gasteiger partial charge < -0.3 is 10.0 Å². The van der Waals surface area contributed by atoms with E-state index in [1.165, 1.54) is 11.8 Å². The highest BCUT2D eigenvalue weighted by Gasteiger charge is 2.39. The molecule has 0 fully saturated rings. The number of carboxylic acid groups (broad SMARTS) is 1. The molecule has 2 aliphatic rings. The lowest BCUT2D eigenvalue weighted by Gasteiger charge is -2.23. The molecule has 9 heteroatoms. The highest BCUT2D eigenvalue weighted by molar-refractivity contribution is 9.10. The molecule has 160 valence electrons. The van der Waals surface area contributed by atoms with Gasteiger partial charge in [-0.05, 0) is 35.4 Å². The summed E-state index contributed by atoms with van der Waals surface area (Å²) in [7, 11) is 3.98. The predicted octanol–water partition coefficient (Wildman–Crippen LogP) is 4.14. The number of rotatable bonds is 5. The molecule has 0 radical (unpaired) electrons. The van der Waals surface area contributed by atoms with E-state index in [9.17, 15) is 9.59 Å². The molecule has 0 aliphatic carbocycles. The van der Waals surface area contributed by atoms with Crippen molar-refractivity contribution in [1.82, 2.24) is 5.01 Å². The minimum Gasteiger partial charge on any atom is -0.481 e. The molecule has 2 heterocycles. The highest BCUT2D eigenvalue weighted by Crippen LogP contribution is 2.39. The fourth-order valence-electron chi connectivity index (χ4n) is 3.55. The van der Waals surface area contributed by atoms with Crippen molar-refractivity contribution in [3.05, 3.63) is 64.1 Å². The summed E-state index contributed by atoms with van der Waals surface area (Å²) in [6, 6.07) is 16.0. The average Bonchev–Trinajstić information content (AvgIpc) is 3.32. The molecular formula is C22H21BrN4O3S. The molecule has 1 N–H and O–H groups in total. The van der Waals surface area contributed by atoms with Gasteiger partial charge in [0.05, 0.1) is 18.2 Å². The normalized spacial score (nSPS) is 20.6. The lowest BCUT2D eigenvalue weighted by atomic mass is 9.98. The van der Waals surface area contributed by atoms with E-state index in [4.69, 9.17) is 10.2 Å². The molecule has 0 aromatic heterocycles. The summed E-state index contributed by atoms with van der Waals surface area (Å²) in [5.41, 5.74) is 4.02. The summed E-state index contributed by atoms with van der Waals surface area (Å²) in [5.74, 6) is -1.44. The number of anilines is 1. The number of hydrogen-bond donors (Lipinski definition) is 1. The molecule has 0 spiro atoms. The maximum atomic E-state index is 12.3. The number of amides is 1. The Morgan fingerprint density at radius 2 is 2.00 bits per heavy atom. The second kappa shape index (κ2) is 8.84. The van der Waals surface area contributed by atoms with Crippen LogP contribution in [0.1, 0.15) is 30.0 Å². The van der Waals surface area contributed by atoms with Gasteiger partial charge in [0.1, 0.15) is 5.25 Å². The molecule has 7 nitrogen and oxygen atoms in total. The molecular weight excluding hydrogens is 480 g/mol. The number of hydrazone groups is 1. The number of aliphatic carboxylic acids is 1. The third-order valence-corrected chi connectivity index (χ3v) is 6.78. The zero-order valence-corrected chi connectivity index (χ0v) is 19.4. The van der Waals surface area contributed by atoms with Gasteiger partial charge in [0.2, 0.25) is 0 Å². The molecule has 31 heavy (non-hydrogen) atoms. The van der Waals surface area contributed by atoms with Crippen molar-refractivity contribution in [2.75, 3.05) is 19.0 Å². The fourth-order valence-corrected chi connectivity index (χ4v) is 5.00. The van der Waals surface area contributed by atoms with E-state index in [2.05, 4.69) is 33.1 Å². The third-order valence-electron chi connectivity index (χ3n) is 5.15. The molecule has 4 rings (SSSR count). The molecule has 2 aliphatic heterocycles. The van der Waals surface area contributed by atoms with Crippen LogP contribution in [-0.2, 0) is 9.59 Å². The summed E-state index contributed by atoms with van der Waals surface area (Å²) in [6.45, 7) is 0. The van der Waals surface area contributed by atoms with Crippen LogP contribution in [0.3, 0.4) is 0 Å². The van der Waals surface area contributed by atoms with Crippen LogP contribution in [-0.4, -0.2) is 52.2 Å². The first-order valence-corrected chi connectivity index (χ1v) is 11.4. The van der Waals surface area contributed by atoms with Crippen LogP contribution in [0.5, 0.6) is 0 Å². The van der Waals surface area contributed by atoms with Gasteiger partial charge in [-0.3, -0.25) is 9.59 Å². The van der Waals surface area contributed by atoms with Gasteiger partial charge in [0.15, 0.2) is 5.17 Å². The first kappa shape index (κ1) is 21.6. The molecule has 0 bridgehead atoms. The SMILES string of the molecule is CN(C)c1ccc(C2CC(c3cccc(Br)c3)=NN2C2=NC(=O)C(CC(=O)O)S2)cc1. The fraction of sp³-hybridized carbons (Fsp3) is 0.273. The van der Waals surface area contributed by atoms with Crippen LogP contribution >= 0.6 is 27.7 Å². The van der Waals surface area contributed by atoms with Crippen LogP contribution < -0.4 is 4.90 Å². The third kappa shape index (κ3) is 4.67. The second-order valence-electron chi connectivity index (χ2n) is 7.54. The van der Waals surface area contributed by atoms with Crippen LogP contribution in [0.15, 0.2) is 63.1 Å². The number of thioether (sulfide) groups is 1. The Bertz CT molecular complexity index is 1080. The van der Waals surface area contributed by atoms with Crippen LogP contribution in [0, 0.1) is 0 Å². The number of amidine groups is 1. The van der Waals surface area contributed by atoms with Gasteiger partial charge in [-0.25, -0.2) is 5.01 Å². The molecule has 2 atom stereocenters. The number of nitrogens with zero attached hydrogens (tertiary/aromatic N) is 4. The number of hydrogen-bond acceptors (Lipinski definition) is 6. The van der Waals surface area contributed by atoms with Crippen molar-refractivity contribution in [2.45, 2.75) is 24.1 Å². The van der Waals surface area contributed by atoms with E-state index in [-0.39, 0.29) is 12.5 Å². The molecule has 0 saturated heterocycles. The van der Waals surface area contributed by atoms with E-state index in [0.29, 0.717) is 11.6 Å². The number of carbonyl (C=O) groups is 2. The average molecular weight is 501 g/mol. The van der Waals surface area contributed by atoms with Crippen molar-refractivity contribution in [2.24, 2.45) is 10.1 Å². The standard InChI is InChI=1S/C22H21BrN4O3S/c1-26(2)16-8-6-13(7-9-16)18-11-17(14-4-3-5-15(23)10-14)25-27(18)22-24-21(30)19(31-22)12-20(28)29/h3-10,18-19H,11-12H2,1-2H3,(H,28,29). The van der Waals surface area contributed by atoms with Crippen molar-refractivity contribution >= 4 is 56.1 Å². The van der Waals surface area contributed by atoms with Crippen LogP contribution in [0.4, 0.5) is 5.69 Å². The van der Waals surface area contributed by atoms with Crippen molar-refractivity contribution in [1.29, 1.82) is 0 Å². The van der Waals surface area contributed by atoms with E-state index < -0.39 is 17.1 Å². The van der Waals surface area contributed by atoms with E-state index in [1.54, 1.807) is 5.01 Å². The Hall–Kier alpha value is -2.65. The van der Waals surface area contributed by atoms with Gasteiger partial charge in [-0.2, -0.15) is 10.1 Å². The van der Waals surface area contributed by atoms with Crippen LogP contribution in [0.25, 0.3) is 0 Å². The summed E-state index contributed by atoms with van der Waals surface area (Å²) >= 11 is 4.68. The highest BCUT2D eigenvalue weighted by atomic mass is 79.9. The van der Waals surface area contributed by atoms with Crippen molar-refractivity contribution < 1.29 is 14.7 Å². The number of benzene rings is 2. The first-order valence-electron chi connectivity index (χ1n) is 9.73. The minimum absolute atomic E-state index is 0.132. The van der Waals surface area contributed by atoms with Gasteiger partial charge in [0, 0.05) is 30.7 Å². The lowest BCUT2D eigenvalue weighted by molar-refractivity contribution is -0.138. The quantitative estimate of drug-likeness (QED) is 0.663. The van der Waals surface area contributed by atoms with Crippen LogP contribution in [0.2, 0.25) is 0 Å². The lowest BCUT2D eigenvalue weighted by Crippen LogP contribution is -2.24. The zero-order chi connectivity index (χ0) is 22.1. The Kier molecular flexibility index (Phi) is 6.15. The largest absolute Gasteiger partial charge is 0.481 e. The topological polar surface area (TPSA) is 85.6 Å². The second-order valence-corrected chi connectivity index (χ2v) is 9.63. The smallest absolute Gasteiger partial charge is 0.305 e. The summed E-state index contributed by atoms with van der Waals surface area (Å²) in [4.78, 5) is 29.6. The number of aliphatic imine (C=N–C) groups is 1. The number of halogens is 1. The maximum Gasteiger partial charge on any atom is 0.305 e. The van der Waals surface area contributed by atoms with Gasteiger partial charge in [-0.1, -0.05) is 52.0 Å². The number of carbonyl (C=O) groups excluding carboxylic acids is 1. The molecule has 0 saturated carbocycles. The number of carboxylic acids is 1. The maximum absolute atomic E-state index is 12.3.